The second-order valence-electron chi connectivity index (χ2n) is 4.25. The maximum atomic E-state index is 9.05. The van der Waals surface area contributed by atoms with E-state index in [2.05, 4.69) is 23.7 Å². The Labute approximate surface area is 90.0 Å². The van der Waals surface area contributed by atoms with Gasteiger partial charge < -0.3 is 10.4 Å². The smallest absolute Gasteiger partial charge is 0.0607 e. The van der Waals surface area contributed by atoms with Crippen LogP contribution in [0.1, 0.15) is 24.3 Å². The summed E-state index contributed by atoms with van der Waals surface area (Å²) >= 11 is 1.81. The molecule has 1 aromatic heterocycles. The molecule has 2 nitrogen and oxygen atoms in total. The average Bonchev–Trinajstić information content (AvgIpc) is 2.52. The summed E-state index contributed by atoms with van der Waals surface area (Å²) in [7, 11) is 0. The minimum Gasteiger partial charge on any atom is -0.394 e. The number of hydrogen-bond acceptors (Lipinski definition) is 3. The lowest BCUT2D eigenvalue weighted by Crippen LogP contribution is -2.43. The SMILES string of the molecule is Cc1ccsc1CCNC(C)(C)CO. The Morgan fingerprint density at radius 2 is 2.21 bits per heavy atom. The van der Waals surface area contributed by atoms with Crippen molar-refractivity contribution in [1.29, 1.82) is 0 Å². The van der Waals surface area contributed by atoms with E-state index in [0.29, 0.717) is 0 Å². The van der Waals surface area contributed by atoms with Crippen LogP contribution in [0.4, 0.5) is 0 Å². The van der Waals surface area contributed by atoms with E-state index >= 15 is 0 Å². The Hall–Kier alpha value is -0.380. The molecule has 14 heavy (non-hydrogen) atoms. The van der Waals surface area contributed by atoms with Crippen LogP contribution in [0.25, 0.3) is 0 Å². The van der Waals surface area contributed by atoms with Gasteiger partial charge in [-0.3, -0.25) is 0 Å². The first-order chi connectivity index (χ1) is 6.55. The van der Waals surface area contributed by atoms with Gasteiger partial charge in [0.05, 0.1) is 6.61 Å². The third-order valence-corrected chi connectivity index (χ3v) is 3.40. The largest absolute Gasteiger partial charge is 0.394 e. The summed E-state index contributed by atoms with van der Waals surface area (Å²) in [5.74, 6) is 0. The van der Waals surface area contributed by atoms with Gasteiger partial charge in [0, 0.05) is 17.0 Å². The number of rotatable bonds is 5. The zero-order valence-corrected chi connectivity index (χ0v) is 9.95. The van der Waals surface area contributed by atoms with Crippen LogP contribution in [0.5, 0.6) is 0 Å². The molecule has 0 spiro atoms. The van der Waals surface area contributed by atoms with Gasteiger partial charge in [0.15, 0.2) is 0 Å². The van der Waals surface area contributed by atoms with E-state index in [9.17, 15) is 0 Å². The molecular weight excluding hydrogens is 194 g/mol. The topological polar surface area (TPSA) is 32.3 Å². The number of nitrogens with one attached hydrogen (secondary N) is 1. The van der Waals surface area contributed by atoms with Crippen LogP contribution in [-0.2, 0) is 6.42 Å². The first kappa shape index (κ1) is 11.7. The Kier molecular flexibility index (Phi) is 4.11. The monoisotopic (exact) mass is 213 g/mol. The van der Waals surface area contributed by atoms with Crippen LogP contribution >= 0.6 is 11.3 Å². The van der Waals surface area contributed by atoms with Crippen molar-refractivity contribution in [3.05, 3.63) is 21.9 Å². The summed E-state index contributed by atoms with van der Waals surface area (Å²) in [4.78, 5) is 1.44. The standard InChI is InChI=1S/C11H19NOS/c1-9-5-7-14-10(9)4-6-12-11(2,3)8-13/h5,7,12-13H,4,6,8H2,1-3H3. The summed E-state index contributed by atoms with van der Waals surface area (Å²) in [6, 6.07) is 2.15. The van der Waals surface area contributed by atoms with E-state index < -0.39 is 0 Å². The van der Waals surface area contributed by atoms with Crippen molar-refractivity contribution in [3.8, 4) is 0 Å². The predicted octanol–water partition coefficient (Wildman–Crippen LogP) is 1.96. The molecule has 0 aliphatic rings. The van der Waals surface area contributed by atoms with E-state index in [4.69, 9.17) is 5.11 Å². The molecule has 0 bridgehead atoms. The van der Waals surface area contributed by atoms with Crippen LogP contribution in [-0.4, -0.2) is 23.8 Å². The summed E-state index contributed by atoms with van der Waals surface area (Å²) in [6.45, 7) is 7.26. The Morgan fingerprint density at radius 3 is 2.71 bits per heavy atom. The fraction of sp³-hybridized carbons (Fsp3) is 0.636. The molecule has 80 valence electrons. The number of aryl methyl sites for hydroxylation is 1. The van der Waals surface area contributed by atoms with Gasteiger partial charge in [-0.05, 0) is 44.2 Å². The molecular formula is C11H19NOS. The highest BCUT2D eigenvalue weighted by molar-refractivity contribution is 7.10. The van der Waals surface area contributed by atoms with Crippen molar-refractivity contribution in [2.24, 2.45) is 0 Å². The van der Waals surface area contributed by atoms with Crippen LogP contribution in [0, 0.1) is 6.92 Å². The van der Waals surface area contributed by atoms with Gasteiger partial charge in [0.1, 0.15) is 0 Å². The molecule has 0 saturated heterocycles. The second kappa shape index (κ2) is 4.91. The Morgan fingerprint density at radius 1 is 1.50 bits per heavy atom. The van der Waals surface area contributed by atoms with Crippen LogP contribution in [0.15, 0.2) is 11.4 Å². The summed E-state index contributed by atoms with van der Waals surface area (Å²) in [5, 5.41) is 14.5. The van der Waals surface area contributed by atoms with Gasteiger partial charge in [-0.25, -0.2) is 0 Å². The van der Waals surface area contributed by atoms with Crippen LogP contribution in [0.3, 0.4) is 0 Å². The number of aliphatic hydroxyl groups excluding tert-OH is 1. The fourth-order valence-electron chi connectivity index (χ4n) is 1.23. The average molecular weight is 213 g/mol. The molecule has 0 fully saturated rings. The molecule has 0 amide bonds. The fourth-order valence-corrected chi connectivity index (χ4v) is 2.14. The quantitative estimate of drug-likeness (QED) is 0.783. The second-order valence-corrected chi connectivity index (χ2v) is 5.25. The van der Waals surface area contributed by atoms with Gasteiger partial charge in [0.2, 0.25) is 0 Å². The molecule has 0 radical (unpaired) electrons. The van der Waals surface area contributed by atoms with E-state index in [1.54, 1.807) is 11.3 Å². The number of hydrogen-bond donors (Lipinski definition) is 2. The van der Waals surface area contributed by atoms with Gasteiger partial charge in [0.25, 0.3) is 0 Å². The molecule has 1 aromatic rings. The highest BCUT2D eigenvalue weighted by atomic mass is 32.1. The normalized spacial score (nSPS) is 12.0. The first-order valence-electron chi connectivity index (χ1n) is 4.94. The zero-order chi connectivity index (χ0) is 10.6. The van der Waals surface area contributed by atoms with Crippen molar-refractivity contribution in [1.82, 2.24) is 5.32 Å². The lowest BCUT2D eigenvalue weighted by molar-refractivity contribution is 0.189. The summed E-state index contributed by atoms with van der Waals surface area (Å²) in [5.41, 5.74) is 1.21. The molecule has 0 aliphatic carbocycles. The van der Waals surface area contributed by atoms with Crippen molar-refractivity contribution in [2.45, 2.75) is 32.7 Å². The maximum absolute atomic E-state index is 9.05. The minimum atomic E-state index is -0.162. The predicted molar refractivity (Wildman–Crippen MR) is 61.9 cm³/mol. The van der Waals surface area contributed by atoms with Crippen LogP contribution < -0.4 is 5.32 Å². The van der Waals surface area contributed by atoms with Gasteiger partial charge in [-0.15, -0.1) is 11.3 Å². The summed E-state index contributed by atoms with van der Waals surface area (Å²) < 4.78 is 0. The van der Waals surface area contributed by atoms with Crippen LogP contribution in [0.2, 0.25) is 0 Å². The minimum absolute atomic E-state index is 0.162. The van der Waals surface area contributed by atoms with Gasteiger partial charge >= 0.3 is 0 Å². The number of thiophene rings is 1. The lowest BCUT2D eigenvalue weighted by atomic mass is 10.1. The molecule has 0 aliphatic heterocycles. The lowest BCUT2D eigenvalue weighted by Gasteiger charge is -2.23. The van der Waals surface area contributed by atoms with Crippen molar-refractivity contribution in [2.75, 3.05) is 13.2 Å². The third-order valence-electron chi connectivity index (χ3n) is 2.32. The zero-order valence-electron chi connectivity index (χ0n) is 9.13. The van der Waals surface area contributed by atoms with E-state index in [1.165, 1.54) is 10.4 Å². The Balaban J connectivity index is 2.32. The number of aliphatic hydroxyl groups is 1. The highest BCUT2D eigenvalue weighted by Crippen LogP contribution is 2.15. The summed E-state index contributed by atoms with van der Waals surface area (Å²) in [6.07, 6.45) is 1.05. The molecule has 2 N–H and O–H groups in total. The molecule has 1 heterocycles. The van der Waals surface area contributed by atoms with Crippen molar-refractivity contribution in [3.63, 3.8) is 0 Å². The van der Waals surface area contributed by atoms with E-state index in [-0.39, 0.29) is 12.1 Å². The van der Waals surface area contributed by atoms with Crippen molar-refractivity contribution < 1.29 is 5.11 Å². The first-order valence-corrected chi connectivity index (χ1v) is 5.82. The third kappa shape index (κ3) is 3.40. The molecule has 0 saturated carbocycles. The Bertz CT molecular complexity index is 281. The molecule has 0 atom stereocenters. The van der Waals surface area contributed by atoms with Gasteiger partial charge in [-0.1, -0.05) is 0 Å². The van der Waals surface area contributed by atoms with Gasteiger partial charge in [-0.2, -0.15) is 0 Å². The maximum Gasteiger partial charge on any atom is 0.0607 e. The highest BCUT2D eigenvalue weighted by Gasteiger charge is 2.14. The molecule has 0 unspecified atom stereocenters. The van der Waals surface area contributed by atoms with E-state index in [1.807, 2.05) is 13.8 Å². The molecule has 0 aromatic carbocycles. The molecule has 3 heteroatoms. The molecule has 1 rings (SSSR count). The van der Waals surface area contributed by atoms with E-state index in [0.717, 1.165) is 13.0 Å². The van der Waals surface area contributed by atoms with Crippen molar-refractivity contribution >= 4 is 11.3 Å².